The molecule has 0 aliphatic rings. The van der Waals surface area contributed by atoms with Crippen molar-refractivity contribution in [3.05, 3.63) is 34.9 Å². The van der Waals surface area contributed by atoms with Crippen LogP contribution in [0.15, 0.2) is 18.2 Å². The van der Waals surface area contributed by atoms with Crippen molar-refractivity contribution in [1.82, 2.24) is 14.8 Å². The van der Waals surface area contributed by atoms with Gasteiger partial charge in [-0.25, -0.2) is 0 Å². The second kappa shape index (κ2) is 6.04. The SMILES string of the molecule is Cc1ccc(C(=O)Nc2nnns2)c(C#CCO)c1. The molecule has 0 unspecified atom stereocenters. The molecule has 0 saturated heterocycles. The first kappa shape index (κ1) is 13.1. The molecule has 0 fully saturated rings. The highest BCUT2D eigenvalue weighted by Crippen LogP contribution is 2.14. The van der Waals surface area contributed by atoms with Crippen molar-refractivity contribution in [1.29, 1.82) is 0 Å². The lowest BCUT2D eigenvalue weighted by molar-refractivity contribution is 0.102. The number of hydrogen-bond donors (Lipinski definition) is 2. The number of carbonyl (C=O) groups is 1. The van der Waals surface area contributed by atoms with Gasteiger partial charge >= 0.3 is 0 Å². The van der Waals surface area contributed by atoms with Crippen LogP contribution in [0.1, 0.15) is 21.5 Å². The molecular formula is C12H10N4O2S. The van der Waals surface area contributed by atoms with Gasteiger partial charge in [-0.15, -0.1) is 0 Å². The maximum Gasteiger partial charge on any atom is 0.258 e. The summed E-state index contributed by atoms with van der Waals surface area (Å²) in [6, 6.07) is 5.29. The Morgan fingerprint density at radius 3 is 3.05 bits per heavy atom. The number of carbonyl (C=O) groups excluding carboxylic acids is 1. The van der Waals surface area contributed by atoms with E-state index in [0.717, 1.165) is 17.1 Å². The van der Waals surface area contributed by atoms with E-state index in [9.17, 15) is 4.79 Å². The van der Waals surface area contributed by atoms with Gasteiger partial charge in [0.2, 0.25) is 5.13 Å². The third-order valence-electron chi connectivity index (χ3n) is 2.24. The molecule has 7 heteroatoms. The summed E-state index contributed by atoms with van der Waals surface area (Å²) in [5, 5.41) is 18.7. The molecule has 1 amide bonds. The maximum atomic E-state index is 12.1. The third-order valence-corrected chi connectivity index (χ3v) is 2.75. The number of hydrogen-bond acceptors (Lipinski definition) is 6. The molecule has 6 nitrogen and oxygen atoms in total. The lowest BCUT2D eigenvalue weighted by Crippen LogP contribution is -2.13. The molecule has 96 valence electrons. The zero-order chi connectivity index (χ0) is 13.7. The molecule has 0 bridgehead atoms. The first-order chi connectivity index (χ1) is 9.20. The average molecular weight is 274 g/mol. The topological polar surface area (TPSA) is 88.0 Å². The summed E-state index contributed by atoms with van der Waals surface area (Å²) in [6.07, 6.45) is 0. The van der Waals surface area contributed by atoms with Crippen molar-refractivity contribution < 1.29 is 9.90 Å². The molecule has 2 rings (SSSR count). The molecule has 1 aromatic carbocycles. The lowest BCUT2D eigenvalue weighted by atomic mass is 10.0. The Balaban J connectivity index is 2.30. The molecular weight excluding hydrogens is 264 g/mol. The van der Waals surface area contributed by atoms with Gasteiger partial charge in [0.25, 0.3) is 5.91 Å². The fourth-order valence-electron chi connectivity index (χ4n) is 1.44. The van der Waals surface area contributed by atoms with Crippen molar-refractivity contribution >= 4 is 22.6 Å². The van der Waals surface area contributed by atoms with E-state index in [0.29, 0.717) is 16.3 Å². The second-order valence-electron chi connectivity index (χ2n) is 3.63. The van der Waals surface area contributed by atoms with Crippen molar-refractivity contribution in [3.8, 4) is 11.8 Å². The number of nitrogens with zero attached hydrogens (tertiary/aromatic N) is 3. The van der Waals surface area contributed by atoms with Crippen LogP contribution < -0.4 is 5.32 Å². The van der Waals surface area contributed by atoms with Gasteiger partial charge in [0, 0.05) is 17.1 Å². The van der Waals surface area contributed by atoms with Crippen LogP contribution in [0.2, 0.25) is 0 Å². The molecule has 0 aliphatic carbocycles. The normalized spacial score (nSPS) is 9.58. The quantitative estimate of drug-likeness (QED) is 0.792. The highest BCUT2D eigenvalue weighted by atomic mass is 32.1. The van der Waals surface area contributed by atoms with Gasteiger partial charge in [0.1, 0.15) is 6.61 Å². The van der Waals surface area contributed by atoms with Crippen molar-refractivity contribution in [2.45, 2.75) is 6.92 Å². The molecule has 0 aliphatic heterocycles. The smallest absolute Gasteiger partial charge is 0.258 e. The number of amides is 1. The van der Waals surface area contributed by atoms with Crippen LogP contribution in [0.3, 0.4) is 0 Å². The van der Waals surface area contributed by atoms with Gasteiger partial charge in [-0.3, -0.25) is 10.1 Å². The average Bonchev–Trinajstić information content (AvgIpc) is 2.89. The zero-order valence-electron chi connectivity index (χ0n) is 10.0. The van der Waals surface area contributed by atoms with Crippen LogP contribution in [0, 0.1) is 18.8 Å². The number of aliphatic hydroxyl groups excluding tert-OH is 1. The molecule has 0 spiro atoms. The van der Waals surface area contributed by atoms with Crippen LogP contribution in [0.4, 0.5) is 5.13 Å². The fraction of sp³-hybridized carbons (Fsp3) is 0.167. The summed E-state index contributed by atoms with van der Waals surface area (Å²) in [5.41, 5.74) is 1.96. The molecule has 0 saturated carbocycles. The van der Waals surface area contributed by atoms with E-state index in [1.54, 1.807) is 12.1 Å². The van der Waals surface area contributed by atoms with E-state index in [1.807, 2.05) is 13.0 Å². The number of aromatic nitrogens is 3. The lowest BCUT2D eigenvalue weighted by Gasteiger charge is -2.05. The molecule has 19 heavy (non-hydrogen) atoms. The Morgan fingerprint density at radius 1 is 1.53 bits per heavy atom. The summed E-state index contributed by atoms with van der Waals surface area (Å²) in [4.78, 5) is 12.1. The molecule has 1 aromatic heterocycles. The van der Waals surface area contributed by atoms with E-state index in [4.69, 9.17) is 5.11 Å². The summed E-state index contributed by atoms with van der Waals surface area (Å²) in [5.74, 6) is 4.96. The van der Waals surface area contributed by atoms with E-state index >= 15 is 0 Å². The van der Waals surface area contributed by atoms with Gasteiger partial charge in [-0.2, -0.15) is 0 Å². The summed E-state index contributed by atoms with van der Waals surface area (Å²) >= 11 is 0.993. The Kier molecular flexibility index (Phi) is 4.18. The Labute approximate surface area is 113 Å². The van der Waals surface area contributed by atoms with Crippen LogP contribution in [0.25, 0.3) is 0 Å². The number of anilines is 1. The third kappa shape index (κ3) is 3.34. The van der Waals surface area contributed by atoms with Crippen molar-refractivity contribution in [3.63, 3.8) is 0 Å². The first-order valence-electron chi connectivity index (χ1n) is 5.37. The standard InChI is InChI=1S/C12H10N4O2S/c1-8-4-5-10(9(7-8)3-2-6-17)11(18)13-12-14-15-16-19-12/h4-5,7,17H,6H2,1H3,(H,13,14,16,18). The van der Waals surface area contributed by atoms with Crippen LogP contribution >= 0.6 is 11.5 Å². The van der Waals surface area contributed by atoms with Crippen LogP contribution in [0.5, 0.6) is 0 Å². The predicted molar refractivity (Wildman–Crippen MR) is 70.8 cm³/mol. The zero-order valence-corrected chi connectivity index (χ0v) is 10.9. The predicted octanol–water partition coefficient (Wildman–Crippen LogP) is 0.838. The van der Waals surface area contributed by atoms with Crippen molar-refractivity contribution in [2.75, 3.05) is 11.9 Å². The molecule has 1 heterocycles. The maximum absolute atomic E-state index is 12.1. The monoisotopic (exact) mass is 274 g/mol. The fourth-order valence-corrected chi connectivity index (χ4v) is 1.80. The minimum atomic E-state index is -0.333. The number of benzene rings is 1. The number of aliphatic hydroxyl groups is 1. The van der Waals surface area contributed by atoms with Gasteiger partial charge < -0.3 is 5.11 Å². The molecule has 2 aromatic rings. The van der Waals surface area contributed by atoms with E-state index in [2.05, 4.69) is 32.0 Å². The van der Waals surface area contributed by atoms with E-state index in [-0.39, 0.29) is 12.5 Å². The minimum Gasteiger partial charge on any atom is -0.384 e. The largest absolute Gasteiger partial charge is 0.384 e. The van der Waals surface area contributed by atoms with E-state index < -0.39 is 0 Å². The van der Waals surface area contributed by atoms with Gasteiger partial charge in [-0.05, 0) is 29.8 Å². The number of rotatable bonds is 2. The minimum absolute atomic E-state index is 0.255. The highest BCUT2D eigenvalue weighted by molar-refractivity contribution is 7.09. The molecule has 2 N–H and O–H groups in total. The van der Waals surface area contributed by atoms with Gasteiger partial charge in [0.05, 0.1) is 5.56 Å². The van der Waals surface area contributed by atoms with Crippen molar-refractivity contribution in [2.24, 2.45) is 0 Å². The highest BCUT2D eigenvalue weighted by Gasteiger charge is 2.12. The van der Waals surface area contributed by atoms with E-state index in [1.165, 1.54) is 0 Å². The number of aryl methyl sites for hydroxylation is 1. The van der Waals surface area contributed by atoms with Gasteiger partial charge in [-0.1, -0.05) is 27.5 Å². The van der Waals surface area contributed by atoms with Gasteiger partial charge in [0.15, 0.2) is 0 Å². The van der Waals surface area contributed by atoms with Crippen LogP contribution in [-0.4, -0.2) is 32.4 Å². The second-order valence-corrected chi connectivity index (χ2v) is 4.36. The number of nitrogens with one attached hydrogen (secondary N) is 1. The Hall–Kier alpha value is -2.30. The molecule has 0 atom stereocenters. The van der Waals surface area contributed by atoms with Crippen LogP contribution in [-0.2, 0) is 0 Å². The molecule has 0 radical (unpaired) electrons. The summed E-state index contributed by atoms with van der Waals surface area (Å²) in [6.45, 7) is 1.65. The summed E-state index contributed by atoms with van der Waals surface area (Å²) in [7, 11) is 0. The summed E-state index contributed by atoms with van der Waals surface area (Å²) < 4.78 is 3.56. The first-order valence-corrected chi connectivity index (χ1v) is 6.15. The Morgan fingerprint density at radius 2 is 2.37 bits per heavy atom. The Bertz CT molecular complexity index is 643.